The minimum absolute atomic E-state index is 0.133. The largest absolute Gasteiger partial charge is 0.477 e. The summed E-state index contributed by atoms with van der Waals surface area (Å²) in [6.07, 6.45) is -0.728. The molecule has 1 aliphatic rings. The van der Waals surface area contributed by atoms with Crippen molar-refractivity contribution < 1.29 is 27.8 Å². The normalized spacial score (nSPS) is 23.6. The van der Waals surface area contributed by atoms with Crippen molar-refractivity contribution in [3.05, 3.63) is 15.8 Å². The monoisotopic (exact) mass is 335 g/mol. The number of sulfonamides is 1. The summed E-state index contributed by atoms with van der Waals surface area (Å²) in [5.74, 6) is -1.24. The van der Waals surface area contributed by atoms with Gasteiger partial charge in [0.05, 0.1) is 12.2 Å². The Balaban J connectivity index is 2.40. The second-order valence-electron chi connectivity index (χ2n) is 4.75. The molecule has 0 radical (unpaired) electrons. The van der Waals surface area contributed by atoms with Crippen LogP contribution in [-0.2, 0) is 19.5 Å². The average molecular weight is 335 g/mol. The van der Waals surface area contributed by atoms with Crippen molar-refractivity contribution in [1.29, 1.82) is 0 Å². The summed E-state index contributed by atoms with van der Waals surface area (Å²) in [7, 11) is -0.902. The van der Waals surface area contributed by atoms with E-state index >= 15 is 0 Å². The fourth-order valence-corrected chi connectivity index (χ4v) is 5.44. The van der Waals surface area contributed by atoms with Gasteiger partial charge < -0.3 is 14.6 Å². The number of carbonyl (C=O) groups is 1. The van der Waals surface area contributed by atoms with Gasteiger partial charge in [-0.15, -0.1) is 11.3 Å². The first-order valence-electron chi connectivity index (χ1n) is 6.20. The van der Waals surface area contributed by atoms with Crippen molar-refractivity contribution in [2.45, 2.75) is 24.0 Å². The third kappa shape index (κ3) is 2.84. The highest BCUT2D eigenvalue weighted by molar-refractivity contribution is 7.89. The molecule has 1 N–H and O–H groups in total. The molecule has 0 aliphatic carbocycles. The van der Waals surface area contributed by atoms with Gasteiger partial charge in [0.1, 0.15) is 9.77 Å². The molecule has 0 amide bonds. The minimum atomic E-state index is -3.88. The third-order valence-corrected chi connectivity index (χ3v) is 6.73. The van der Waals surface area contributed by atoms with Crippen LogP contribution in [0.3, 0.4) is 0 Å². The second-order valence-corrected chi connectivity index (χ2v) is 7.51. The van der Waals surface area contributed by atoms with Gasteiger partial charge in [-0.25, -0.2) is 13.2 Å². The zero-order valence-corrected chi connectivity index (χ0v) is 13.5. The lowest BCUT2D eigenvalue weighted by Crippen LogP contribution is -2.31. The molecule has 0 bridgehead atoms. The smallest absolute Gasteiger partial charge is 0.347 e. The Morgan fingerprint density at radius 3 is 2.29 bits per heavy atom. The lowest BCUT2D eigenvalue weighted by molar-refractivity contribution is -0.00461. The van der Waals surface area contributed by atoms with Gasteiger partial charge in [-0.2, -0.15) is 4.31 Å². The predicted octanol–water partition coefficient (Wildman–Crippen LogP) is 0.789. The summed E-state index contributed by atoms with van der Waals surface area (Å²) in [4.78, 5) is 10.9. The van der Waals surface area contributed by atoms with Crippen LogP contribution in [0, 0.1) is 6.92 Å². The predicted molar refractivity (Wildman–Crippen MR) is 76.4 cm³/mol. The molecule has 9 heteroatoms. The fourth-order valence-electron chi connectivity index (χ4n) is 2.39. The van der Waals surface area contributed by atoms with E-state index in [1.165, 1.54) is 23.9 Å². The molecule has 1 aromatic heterocycles. The van der Waals surface area contributed by atoms with Gasteiger partial charge in [-0.3, -0.25) is 0 Å². The van der Waals surface area contributed by atoms with E-state index in [4.69, 9.17) is 14.6 Å². The van der Waals surface area contributed by atoms with Crippen LogP contribution < -0.4 is 0 Å². The number of carboxylic acids is 1. The number of nitrogens with zero attached hydrogens (tertiary/aromatic N) is 1. The van der Waals surface area contributed by atoms with Gasteiger partial charge in [0, 0.05) is 27.3 Å². The Kier molecular flexibility index (Phi) is 4.69. The molecule has 7 nitrogen and oxygen atoms in total. The Hall–Kier alpha value is -1.00. The molecule has 21 heavy (non-hydrogen) atoms. The number of thiophene rings is 1. The molecule has 1 aromatic rings. The summed E-state index contributed by atoms with van der Waals surface area (Å²) < 4.78 is 37.1. The van der Waals surface area contributed by atoms with Gasteiger partial charge in [0.2, 0.25) is 10.0 Å². The Morgan fingerprint density at radius 2 is 1.86 bits per heavy atom. The van der Waals surface area contributed by atoms with Crippen LogP contribution in [0.5, 0.6) is 0 Å². The average Bonchev–Trinajstić information content (AvgIpc) is 3.01. The molecule has 0 saturated carbocycles. The first-order chi connectivity index (χ1) is 9.82. The minimum Gasteiger partial charge on any atom is -0.477 e. The van der Waals surface area contributed by atoms with Crippen molar-refractivity contribution in [2.24, 2.45) is 0 Å². The first-order valence-corrected chi connectivity index (χ1v) is 8.52. The lowest BCUT2D eigenvalue weighted by Gasteiger charge is -2.16. The van der Waals surface area contributed by atoms with Crippen molar-refractivity contribution in [2.75, 3.05) is 27.3 Å². The van der Waals surface area contributed by atoms with Crippen LogP contribution in [0.25, 0.3) is 0 Å². The summed E-state index contributed by atoms with van der Waals surface area (Å²) in [5.41, 5.74) is 0.437. The van der Waals surface area contributed by atoms with Crippen LogP contribution in [-0.4, -0.2) is 63.3 Å². The van der Waals surface area contributed by atoms with Crippen molar-refractivity contribution in [3.8, 4) is 0 Å². The number of hydrogen-bond donors (Lipinski definition) is 1. The number of rotatable bonds is 5. The van der Waals surface area contributed by atoms with E-state index in [2.05, 4.69) is 0 Å². The van der Waals surface area contributed by atoms with E-state index in [1.807, 2.05) is 0 Å². The zero-order chi connectivity index (χ0) is 15.8. The molecule has 0 spiro atoms. The molecule has 2 rings (SSSR count). The molecule has 2 atom stereocenters. The number of carboxylic acid groups (broad SMARTS) is 1. The van der Waals surface area contributed by atoms with Crippen LogP contribution in [0.4, 0.5) is 0 Å². The number of hydrogen-bond acceptors (Lipinski definition) is 6. The molecular weight excluding hydrogens is 318 g/mol. The molecule has 2 unspecified atom stereocenters. The maximum Gasteiger partial charge on any atom is 0.347 e. The standard InChI is InChI=1S/C12H17NO6S2/c1-7-6-20-10(12(14)15)11(7)21(16,17)13-4-8(18-2)9(5-13)19-3/h6,8-9H,4-5H2,1-3H3,(H,14,15). The lowest BCUT2D eigenvalue weighted by atomic mass is 10.3. The maximum atomic E-state index is 12.7. The SMILES string of the molecule is COC1CN(S(=O)(=O)c2c(C)csc2C(=O)O)CC1OC. The van der Waals surface area contributed by atoms with Gasteiger partial charge >= 0.3 is 5.97 Å². The molecular formula is C12H17NO6S2. The van der Waals surface area contributed by atoms with Crippen molar-refractivity contribution >= 4 is 27.3 Å². The van der Waals surface area contributed by atoms with Gasteiger partial charge in [0.15, 0.2) is 0 Å². The molecule has 0 aromatic carbocycles. The number of methoxy groups -OCH3 is 2. The van der Waals surface area contributed by atoms with Crippen LogP contribution >= 0.6 is 11.3 Å². The van der Waals surface area contributed by atoms with Gasteiger partial charge in [-0.05, 0) is 17.9 Å². The first kappa shape index (κ1) is 16.4. The van der Waals surface area contributed by atoms with Gasteiger partial charge in [0.25, 0.3) is 0 Å². The van der Waals surface area contributed by atoms with E-state index in [9.17, 15) is 13.2 Å². The third-order valence-electron chi connectivity index (χ3n) is 3.50. The fraction of sp³-hybridized carbons (Fsp3) is 0.583. The maximum absolute atomic E-state index is 12.7. The highest BCUT2D eigenvalue weighted by Gasteiger charge is 2.42. The Labute approximate surface area is 127 Å². The van der Waals surface area contributed by atoms with E-state index in [-0.39, 0.29) is 35.1 Å². The van der Waals surface area contributed by atoms with Gasteiger partial charge in [-0.1, -0.05) is 0 Å². The molecule has 1 saturated heterocycles. The summed E-state index contributed by atoms with van der Waals surface area (Å²) in [6.45, 7) is 1.88. The Bertz CT molecular complexity index is 626. The number of aromatic carboxylic acids is 1. The number of ether oxygens (including phenoxy) is 2. The molecule has 118 valence electrons. The van der Waals surface area contributed by atoms with Crippen LogP contribution in [0.2, 0.25) is 0 Å². The van der Waals surface area contributed by atoms with Crippen LogP contribution in [0.1, 0.15) is 15.2 Å². The summed E-state index contributed by atoms with van der Waals surface area (Å²) in [5, 5.41) is 10.7. The molecule has 1 fully saturated rings. The number of aryl methyl sites for hydroxylation is 1. The van der Waals surface area contributed by atoms with Crippen molar-refractivity contribution in [3.63, 3.8) is 0 Å². The highest BCUT2D eigenvalue weighted by atomic mass is 32.2. The van der Waals surface area contributed by atoms with E-state index < -0.39 is 16.0 Å². The topological polar surface area (TPSA) is 93.1 Å². The van der Waals surface area contributed by atoms with Crippen molar-refractivity contribution in [1.82, 2.24) is 4.31 Å². The second kappa shape index (κ2) is 6.01. The van der Waals surface area contributed by atoms with E-state index in [0.29, 0.717) is 5.56 Å². The molecule has 2 heterocycles. The zero-order valence-electron chi connectivity index (χ0n) is 11.9. The van der Waals surface area contributed by atoms with E-state index in [1.54, 1.807) is 6.92 Å². The Morgan fingerprint density at radius 1 is 1.33 bits per heavy atom. The summed E-state index contributed by atoms with van der Waals surface area (Å²) in [6, 6.07) is 0. The quantitative estimate of drug-likeness (QED) is 0.855. The van der Waals surface area contributed by atoms with E-state index in [0.717, 1.165) is 11.3 Å². The molecule has 1 aliphatic heterocycles. The summed E-state index contributed by atoms with van der Waals surface area (Å²) >= 11 is 0.915. The van der Waals surface area contributed by atoms with Crippen LogP contribution in [0.15, 0.2) is 10.3 Å². The highest BCUT2D eigenvalue weighted by Crippen LogP contribution is 2.32.